The molecule has 78 valence electrons. The Morgan fingerprint density at radius 1 is 1.14 bits per heavy atom. The second-order valence-electron chi connectivity index (χ2n) is 4.18. The first-order valence-electron chi connectivity index (χ1n) is 4.27. The number of hydrogen-bond acceptors (Lipinski definition) is 2. The van der Waals surface area contributed by atoms with Crippen LogP contribution in [-0.2, 0) is 13.7 Å². The summed E-state index contributed by atoms with van der Waals surface area (Å²) < 4.78 is 22.8. The van der Waals surface area contributed by atoms with E-state index in [-0.39, 0.29) is 5.41 Å². The highest BCUT2D eigenvalue weighted by Crippen LogP contribution is 2.30. The van der Waals surface area contributed by atoms with E-state index in [0.717, 1.165) is 5.56 Å². The molecule has 4 heteroatoms. The minimum atomic E-state index is -3.30. The predicted molar refractivity (Wildman–Crippen MR) is 61.3 cm³/mol. The van der Waals surface area contributed by atoms with Crippen LogP contribution in [0, 0.1) is 0 Å². The average molecular weight is 277 g/mol. The molecule has 14 heavy (non-hydrogen) atoms. The van der Waals surface area contributed by atoms with Gasteiger partial charge < -0.3 is 0 Å². The van der Waals surface area contributed by atoms with Gasteiger partial charge in [-0.3, -0.25) is 0 Å². The van der Waals surface area contributed by atoms with Crippen LogP contribution >= 0.6 is 14.8 Å². The monoisotopic (exact) mass is 276 g/mol. The van der Waals surface area contributed by atoms with Gasteiger partial charge >= 0.3 is 0 Å². The third-order valence-electron chi connectivity index (χ3n) is 1.96. The van der Waals surface area contributed by atoms with E-state index in [1.807, 2.05) is 32.9 Å². The summed E-state index contributed by atoms with van der Waals surface area (Å²) in [5.74, 6) is 0. The lowest BCUT2D eigenvalue weighted by atomic mass is 9.87. The third-order valence-corrected chi connectivity index (χ3v) is 3.89. The van der Waals surface area contributed by atoms with E-state index < -0.39 is 8.27 Å². The van der Waals surface area contributed by atoms with Crippen molar-refractivity contribution < 1.29 is 8.42 Å². The molecule has 0 N–H and O–H groups in total. The van der Waals surface area contributed by atoms with Crippen molar-refractivity contribution in [2.24, 2.45) is 0 Å². The van der Waals surface area contributed by atoms with Crippen LogP contribution < -0.4 is 0 Å². The van der Waals surface area contributed by atoms with E-state index >= 15 is 0 Å². The Morgan fingerprint density at radius 3 is 2.00 bits per heavy atom. The highest BCUT2D eigenvalue weighted by atomic mass is 79.9. The maximum atomic E-state index is 11.4. The normalized spacial score (nSPS) is 12.9. The Balaban J connectivity index is 3.47. The first-order valence-corrected chi connectivity index (χ1v) is 7.60. The maximum absolute atomic E-state index is 11.4. The fraction of sp³-hybridized carbons (Fsp3) is 0.400. The van der Waals surface area contributed by atoms with Crippen molar-refractivity contribution in [2.75, 3.05) is 0 Å². The second-order valence-corrected chi connectivity index (χ2v) is 8.06. The van der Waals surface area contributed by atoms with Crippen LogP contribution in [0.25, 0.3) is 0 Å². The number of halogens is 1. The van der Waals surface area contributed by atoms with Crippen molar-refractivity contribution in [2.45, 2.75) is 31.1 Å². The summed E-state index contributed by atoms with van der Waals surface area (Å²) in [6.45, 7) is 5.97. The molecule has 0 unspecified atom stereocenters. The largest absolute Gasteiger partial charge is 0.237 e. The molecule has 1 aromatic rings. The maximum Gasteiger partial charge on any atom is 0.237 e. The van der Waals surface area contributed by atoms with Crippen LogP contribution in [0.3, 0.4) is 0 Å². The number of benzene rings is 1. The fourth-order valence-electron chi connectivity index (χ4n) is 1.30. The molecular weight excluding hydrogens is 264 g/mol. The van der Waals surface area contributed by atoms with E-state index in [2.05, 4.69) is 14.8 Å². The quantitative estimate of drug-likeness (QED) is 0.739. The highest BCUT2D eigenvalue weighted by molar-refractivity contribution is 9.47. The summed E-state index contributed by atoms with van der Waals surface area (Å²) in [7, 11) is -3.30. The van der Waals surface area contributed by atoms with Gasteiger partial charge in [0, 0.05) is 0 Å². The second kappa shape index (κ2) is 3.66. The van der Waals surface area contributed by atoms with Gasteiger partial charge in [0.2, 0.25) is 8.27 Å². The van der Waals surface area contributed by atoms with Gasteiger partial charge in [-0.1, -0.05) is 39.0 Å². The first kappa shape index (κ1) is 11.7. The highest BCUT2D eigenvalue weighted by Gasteiger charge is 2.22. The smallest absolute Gasteiger partial charge is 0.212 e. The zero-order valence-corrected chi connectivity index (χ0v) is 10.8. The molecule has 0 aliphatic rings. The summed E-state index contributed by atoms with van der Waals surface area (Å²) >= 11 is 2.70. The molecule has 1 aromatic carbocycles. The predicted octanol–water partition coefficient (Wildman–Crippen LogP) is 3.07. The van der Waals surface area contributed by atoms with Crippen LogP contribution in [0.15, 0.2) is 29.2 Å². The Hall–Kier alpha value is -0.350. The van der Waals surface area contributed by atoms with Crippen LogP contribution in [0.2, 0.25) is 0 Å². The van der Waals surface area contributed by atoms with Gasteiger partial charge in [0.05, 0.1) is 19.7 Å². The fourth-order valence-corrected chi connectivity index (χ4v) is 3.02. The molecule has 0 aliphatic heterocycles. The summed E-state index contributed by atoms with van der Waals surface area (Å²) in [4.78, 5) is 0.354. The molecule has 0 aromatic heterocycles. The molecule has 0 radical (unpaired) electrons. The summed E-state index contributed by atoms with van der Waals surface area (Å²) in [6.07, 6.45) is 0. The zero-order chi connectivity index (χ0) is 11.0. The van der Waals surface area contributed by atoms with Gasteiger partial charge in [-0.25, -0.2) is 8.42 Å². The Morgan fingerprint density at radius 2 is 1.64 bits per heavy atom. The molecule has 0 heterocycles. The van der Waals surface area contributed by atoms with Crippen molar-refractivity contribution in [1.29, 1.82) is 0 Å². The van der Waals surface area contributed by atoms with Crippen molar-refractivity contribution in [3.8, 4) is 0 Å². The Bertz CT molecular complexity index is 430. The van der Waals surface area contributed by atoms with Crippen LogP contribution in [-0.4, -0.2) is 8.42 Å². The molecule has 0 saturated carbocycles. The van der Waals surface area contributed by atoms with Crippen molar-refractivity contribution >= 4 is 23.1 Å². The molecule has 2 nitrogen and oxygen atoms in total. The average Bonchev–Trinajstić information content (AvgIpc) is 2.01. The van der Waals surface area contributed by atoms with Gasteiger partial charge in [-0.2, -0.15) is 0 Å². The van der Waals surface area contributed by atoms with Gasteiger partial charge in [0.15, 0.2) is 0 Å². The molecule has 0 aliphatic carbocycles. The minimum Gasteiger partial charge on any atom is -0.212 e. The number of hydrogen-bond donors (Lipinski definition) is 0. The van der Waals surface area contributed by atoms with E-state index in [1.165, 1.54) is 0 Å². The van der Waals surface area contributed by atoms with Gasteiger partial charge in [-0.15, -0.1) is 0 Å². The van der Waals surface area contributed by atoms with E-state index in [4.69, 9.17) is 0 Å². The molecule has 1 rings (SSSR count). The Kier molecular flexibility index (Phi) is 3.07. The summed E-state index contributed by atoms with van der Waals surface area (Å²) in [6, 6.07) is 7.03. The topological polar surface area (TPSA) is 34.1 Å². The van der Waals surface area contributed by atoms with E-state index in [0.29, 0.717) is 4.90 Å². The van der Waals surface area contributed by atoms with E-state index in [9.17, 15) is 8.42 Å². The molecule has 0 bridgehead atoms. The molecule has 0 saturated heterocycles. The number of rotatable bonds is 1. The molecule has 0 fully saturated rings. The first-order chi connectivity index (χ1) is 6.23. The van der Waals surface area contributed by atoms with Crippen LogP contribution in [0.1, 0.15) is 26.3 Å². The van der Waals surface area contributed by atoms with Crippen molar-refractivity contribution in [3.05, 3.63) is 29.8 Å². The molecule has 0 atom stereocenters. The lowest BCUT2D eigenvalue weighted by molar-refractivity contribution is 0.567. The summed E-state index contributed by atoms with van der Waals surface area (Å²) in [5, 5.41) is 0. The van der Waals surface area contributed by atoms with Crippen molar-refractivity contribution in [1.82, 2.24) is 0 Å². The van der Waals surface area contributed by atoms with Gasteiger partial charge in [0.1, 0.15) is 0 Å². The van der Waals surface area contributed by atoms with Crippen LogP contribution in [0.4, 0.5) is 0 Å². The molecule has 0 spiro atoms. The molecule has 0 amide bonds. The lowest BCUT2D eigenvalue weighted by Crippen LogP contribution is -2.14. The summed E-state index contributed by atoms with van der Waals surface area (Å²) in [5.41, 5.74) is 0.661. The molecular formula is C10H13BrO2S. The van der Waals surface area contributed by atoms with Crippen LogP contribution in [0.5, 0.6) is 0 Å². The van der Waals surface area contributed by atoms with Gasteiger partial charge in [0.25, 0.3) is 0 Å². The van der Waals surface area contributed by atoms with Gasteiger partial charge in [-0.05, 0) is 17.0 Å². The standard InChI is InChI=1S/C10H13BrO2S/c1-10(2,3)8-6-4-5-7-9(8)14(11,12)13/h4-7H,1-3H3. The lowest BCUT2D eigenvalue weighted by Gasteiger charge is -2.21. The SMILES string of the molecule is CC(C)(C)c1ccccc1S(=O)(=O)Br. The van der Waals surface area contributed by atoms with E-state index in [1.54, 1.807) is 12.1 Å². The Labute approximate surface area is 92.5 Å². The third kappa shape index (κ3) is 2.58. The zero-order valence-electron chi connectivity index (χ0n) is 8.41. The van der Waals surface area contributed by atoms with Crippen molar-refractivity contribution in [3.63, 3.8) is 0 Å². The minimum absolute atomic E-state index is 0.169.